The zero-order chi connectivity index (χ0) is 13.7. The van der Waals surface area contributed by atoms with Gasteiger partial charge in [-0.2, -0.15) is 5.26 Å². The highest BCUT2D eigenvalue weighted by atomic mass is 16.5. The molecule has 0 radical (unpaired) electrons. The largest absolute Gasteiger partial charge is 0.493 e. The summed E-state index contributed by atoms with van der Waals surface area (Å²) in [5.74, 6) is 1.37. The van der Waals surface area contributed by atoms with E-state index in [4.69, 9.17) is 14.7 Å². The average Bonchev–Trinajstić information content (AvgIpc) is 2.48. The lowest BCUT2D eigenvalue weighted by Gasteiger charge is -2.31. The number of hydrogen-bond acceptors (Lipinski definition) is 4. The molecule has 19 heavy (non-hydrogen) atoms. The third-order valence-electron chi connectivity index (χ3n) is 3.57. The highest BCUT2D eigenvalue weighted by molar-refractivity contribution is 5.46. The van der Waals surface area contributed by atoms with E-state index in [1.807, 2.05) is 6.07 Å². The number of ether oxygens (including phenoxy) is 2. The average molecular weight is 260 g/mol. The lowest BCUT2D eigenvalue weighted by atomic mass is 10.1. The van der Waals surface area contributed by atoms with Gasteiger partial charge in [-0.05, 0) is 31.5 Å². The van der Waals surface area contributed by atoms with Crippen LogP contribution in [0.4, 0.5) is 0 Å². The molecule has 2 rings (SSSR count). The minimum atomic E-state index is 0.240. The molecule has 4 nitrogen and oxygen atoms in total. The van der Waals surface area contributed by atoms with Gasteiger partial charge in [-0.3, -0.25) is 0 Å². The number of methoxy groups -OCH3 is 1. The third kappa shape index (κ3) is 3.39. The van der Waals surface area contributed by atoms with E-state index in [2.05, 4.69) is 17.9 Å². The van der Waals surface area contributed by atoms with Crippen LogP contribution in [0, 0.1) is 11.3 Å². The molecule has 1 saturated heterocycles. The van der Waals surface area contributed by atoms with Crippen LogP contribution in [0.5, 0.6) is 11.5 Å². The van der Waals surface area contributed by atoms with Gasteiger partial charge in [-0.1, -0.05) is 6.92 Å². The number of hydrogen-bond donors (Lipinski definition) is 0. The molecule has 1 aliphatic rings. The fourth-order valence-electron chi connectivity index (χ4n) is 2.36. The zero-order valence-electron chi connectivity index (χ0n) is 11.6. The van der Waals surface area contributed by atoms with E-state index in [9.17, 15) is 0 Å². The number of likely N-dealkylation sites (tertiary alicyclic amines) is 1. The maximum Gasteiger partial charge on any atom is 0.162 e. The summed E-state index contributed by atoms with van der Waals surface area (Å²) < 4.78 is 11.3. The van der Waals surface area contributed by atoms with Crippen LogP contribution in [0.15, 0.2) is 18.2 Å². The van der Waals surface area contributed by atoms with Crippen LogP contribution in [0.3, 0.4) is 0 Å². The Hall–Kier alpha value is -1.73. The molecule has 1 heterocycles. The molecule has 0 amide bonds. The fraction of sp³-hybridized carbons (Fsp3) is 0.533. The van der Waals surface area contributed by atoms with Gasteiger partial charge in [-0.25, -0.2) is 0 Å². The van der Waals surface area contributed by atoms with E-state index < -0.39 is 0 Å². The van der Waals surface area contributed by atoms with Crippen molar-refractivity contribution in [2.75, 3.05) is 26.7 Å². The van der Waals surface area contributed by atoms with Crippen molar-refractivity contribution in [2.24, 2.45) is 0 Å². The molecule has 0 aromatic heterocycles. The Kier molecular flexibility index (Phi) is 4.64. The van der Waals surface area contributed by atoms with Crippen LogP contribution < -0.4 is 9.47 Å². The first kappa shape index (κ1) is 13.7. The van der Waals surface area contributed by atoms with Gasteiger partial charge >= 0.3 is 0 Å². The quantitative estimate of drug-likeness (QED) is 0.834. The van der Waals surface area contributed by atoms with Gasteiger partial charge in [0.1, 0.15) is 6.10 Å². The smallest absolute Gasteiger partial charge is 0.162 e. The summed E-state index contributed by atoms with van der Waals surface area (Å²) >= 11 is 0. The Morgan fingerprint density at radius 3 is 2.63 bits per heavy atom. The SMILES string of the molecule is CCN1CCC(Oc2ccc(C#N)cc2OC)CC1. The summed E-state index contributed by atoms with van der Waals surface area (Å²) in [6, 6.07) is 7.41. The predicted octanol–water partition coefficient (Wildman–Crippen LogP) is 2.43. The molecule has 1 fully saturated rings. The molecule has 0 aliphatic carbocycles. The van der Waals surface area contributed by atoms with Crippen molar-refractivity contribution >= 4 is 0 Å². The first-order valence-electron chi connectivity index (χ1n) is 6.74. The molecule has 0 unspecified atom stereocenters. The minimum absolute atomic E-state index is 0.240. The van der Waals surface area contributed by atoms with Crippen LogP contribution in [-0.4, -0.2) is 37.7 Å². The summed E-state index contributed by atoms with van der Waals surface area (Å²) in [6.07, 6.45) is 2.32. The third-order valence-corrected chi connectivity index (χ3v) is 3.57. The normalized spacial score (nSPS) is 16.9. The van der Waals surface area contributed by atoms with E-state index in [1.165, 1.54) is 0 Å². The van der Waals surface area contributed by atoms with Gasteiger partial charge in [0.05, 0.1) is 18.7 Å². The maximum absolute atomic E-state index is 8.87. The van der Waals surface area contributed by atoms with Crippen LogP contribution in [0.2, 0.25) is 0 Å². The first-order chi connectivity index (χ1) is 9.26. The number of nitriles is 1. The Bertz CT molecular complexity index is 460. The summed E-state index contributed by atoms with van der Waals surface area (Å²) in [4.78, 5) is 2.43. The topological polar surface area (TPSA) is 45.5 Å². The van der Waals surface area contributed by atoms with Gasteiger partial charge in [0.25, 0.3) is 0 Å². The van der Waals surface area contributed by atoms with Crippen molar-refractivity contribution in [1.82, 2.24) is 4.90 Å². The Morgan fingerprint density at radius 2 is 2.05 bits per heavy atom. The van der Waals surface area contributed by atoms with Crippen molar-refractivity contribution in [3.8, 4) is 17.6 Å². The van der Waals surface area contributed by atoms with Gasteiger partial charge < -0.3 is 14.4 Å². The molecule has 102 valence electrons. The number of rotatable bonds is 4. The molecule has 0 bridgehead atoms. The molecule has 0 saturated carbocycles. The van der Waals surface area contributed by atoms with Crippen LogP contribution in [-0.2, 0) is 0 Å². The van der Waals surface area contributed by atoms with E-state index >= 15 is 0 Å². The molecule has 1 aromatic carbocycles. The summed E-state index contributed by atoms with van der Waals surface area (Å²) in [7, 11) is 1.60. The Labute approximate surface area is 114 Å². The van der Waals surface area contributed by atoms with Crippen molar-refractivity contribution in [3.63, 3.8) is 0 Å². The lowest BCUT2D eigenvalue weighted by molar-refractivity contribution is 0.101. The Morgan fingerprint density at radius 1 is 1.32 bits per heavy atom. The van der Waals surface area contributed by atoms with Crippen LogP contribution in [0.1, 0.15) is 25.3 Å². The minimum Gasteiger partial charge on any atom is -0.493 e. The second kappa shape index (κ2) is 6.44. The standard InChI is InChI=1S/C15H20N2O2/c1-3-17-8-6-13(7-9-17)19-14-5-4-12(11-16)10-15(14)18-2/h4-5,10,13H,3,6-9H2,1-2H3. The highest BCUT2D eigenvalue weighted by Gasteiger charge is 2.20. The highest BCUT2D eigenvalue weighted by Crippen LogP contribution is 2.30. The van der Waals surface area contributed by atoms with Crippen LogP contribution >= 0.6 is 0 Å². The zero-order valence-corrected chi connectivity index (χ0v) is 11.6. The van der Waals surface area contributed by atoms with Gasteiger partial charge in [-0.15, -0.1) is 0 Å². The molecular formula is C15H20N2O2. The van der Waals surface area contributed by atoms with Crippen LogP contribution in [0.25, 0.3) is 0 Å². The van der Waals surface area contributed by atoms with Gasteiger partial charge in [0.2, 0.25) is 0 Å². The number of benzene rings is 1. The number of nitrogens with zero attached hydrogens (tertiary/aromatic N) is 2. The van der Waals surface area contributed by atoms with Crippen molar-refractivity contribution in [2.45, 2.75) is 25.9 Å². The van der Waals surface area contributed by atoms with E-state index in [1.54, 1.807) is 19.2 Å². The summed E-state index contributed by atoms with van der Waals surface area (Å²) in [5.41, 5.74) is 0.588. The molecular weight excluding hydrogens is 240 g/mol. The summed E-state index contributed by atoms with van der Waals surface area (Å²) in [6.45, 7) is 5.46. The lowest BCUT2D eigenvalue weighted by Crippen LogP contribution is -2.38. The van der Waals surface area contributed by atoms with E-state index in [0.717, 1.165) is 38.2 Å². The second-order valence-electron chi connectivity index (χ2n) is 4.73. The molecule has 1 aliphatic heterocycles. The van der Waals surface area contributed by atoms with Gasteiger partial charge in [0.15, 0.2) is 11.5 Å². The van der Waals surface area contributed by atoms with Crippen molar-refractivity contribution in [3.05, 3.63) is 23.8 Å². The monoisotopic (exact) mass is 260 g/mol. The van der Waals surface area contributed by atoms with Crippen molar-refractivity contribution in [1.29, 1.82) is 5.26 Å². The predicted molar refractivity (Wildman–Crippen MR) is 73.5 cm³/mol. The molecule has 0 atom stereocenters. The molecule has 0 spiro atoms. The second-order valence-corrected chi connectivity index (χ2v) is 4.73. The maximum atomic E-state index is 8.87. The molecule has 4 heteroatoms. The van der Waals surface area contributed by atoms with E-state index in [-0.39, 0.29) is 6.10 Å². The molecule has 1 aromatic rings. The fourth-order valence-corrected chi connectivity index (χ4v) is 2.36. The molecule has 0 N–H and O–H groups in total. The summed E-state index contributed by atoms with van der Waals surface area (Å²) in [5, 5.41) is 8.87. The van der Waals surface area contributed by atoms with E-state index in [0.29, 0.717) is 11.3 Å². The number of piperidine rings is 1. The first-order valence-corrected chi connectivity index (χ1v) is 6.74. The Balaban J connectivity index is 2.01. The van der Waals surface area contributed by atoms with Crippen molar-refractivity contribution < 1.29 is 9.47 Å². The van der Waals surface area contributed by atoms with Gasteiger partial charge in [0, 0.05) is 19.2 Å².